The van der Waals surface area contributed by atoms with Crippen LogP contribution in [0.15, 0.2) is 63.9 Å². The van der Waals surface area contributed by atoms with Gasteiger partial charge in [-0.1, -0.05) is 18.2 Å². The van der Waals surface area contributed by atoms with Crippen LogP contribution in [0.5, 0.6) is 0 Å². The average molecular weight is 449 g/mol. The molecule has 0 N–H and O–H groups in total. The summed E-state index contributed by atoms with van der Waals surface area (Å²) in [5.74, 6) is 0.475. The van der Waals surface area contributed by atoms with Crippen molar-refractivity contribution in [3.8, 4) is 11.5 Å². The van der Waals surface area contributed by atoms with Crippen molar-refractivity contribution in [1.29, 1.82) is 0 Å². The van der Waals surface area contributed by atoms with E-state index in [1.54, 1.807) is 4.90 Å². The van der Waals surface area contributed by atoms with Gasteiger partial charge >= 0.3 is 5.51 Å². The normalized spacial score (nSPS) is 16.0. The number of alkyl halides is 3. The molecule has 0 bridgehead atoms. The van der Waals surface area contributed by atoms with Gasteiger partial charge in [0.25, 0.3) is 5.91 Å². The van der Waals surface area contributed by atoms with Gasteiger partial charge in [0.15, 0.2) is 0 Å². The Kier molecular flexibility index (Phi) is 7.11. The van der Waals surface area contributed by atoms with Crippen molar-refractivity contribution in [2.45, 2.75) is 29.3 Å². The number of aromatic nitrogens is 2. The van der Waals surface area contributed by atoms with Crippen LogP contribution in [0.4, 0.5) is 13.2 Å². The summed E-state index contributed by atoms with van der Waals surface area (Å²) < 4.78 is 43.2. The van der Waals surface area contributed by atoms with E-state index < -0.39 is 5.51 Å². The van der Waals surface area contributed by atoms with Gasteiger partial charge in [-0.05, 0) is 61.0 Å². The number of halogens is 3. The number of likely N-dealkylation sites (tertiary alicyclic amines) is 1. The van der Waals surface area contributed by atoms with Crippen LogP contribution in [0.1, 0.15) is 35.1 Å². The molecule has 1 amide bonds. The summed E-state index contributed by atoms with van der Waals surface area (Å²) in [6.45, 7) is 2.52. The molecule has 0 saturated carbocycles. The quantitative estimate of drug-likeness (QED) is 0.514. The van der Waals surface area contributed by atoms with Crippen molar-refractivity contribution in [1.82, 2.24) is 15.1 Å². The average Bonchev–Trinajstić information content (AvgIpc) is 3.44. The van der Waals surface area contributed by atoms with Crippen molar-refractivity contribution in [3.05, 3.63) is 66.1 Å². The van der Waals surface area contributed by atoms with Crippen LogP contribution in [-0.4, -0.2) is 39.8 Å². The number of hydrogen-bond acceptors (Lipinski definition) is 6. The lowest BCUT2D eigenvalue weighted by Crippen LogP contribution is -2.30. The highest BCUT2D eigenvalue weighted by molar-refractivity contribution is 8.00. The van der Waals surface area contributed by atoms with E-state index >= 15 is 0 Å². The molecule has 0 radical (unpaired) electrons. The number of rotatable bonds is 4. The van der Waals surface area contributed by atoms with E-state index in [1.165, 1.54) is 24.3 Å². The standard InChI is InChI=1S/C20H16F3N3O2S.CH2O/c21-20(22,23)29-15-10-8-14(9-11-15)19(27)26-12-4-7-16(26)18-25-24-17(28-18)13-5-2-1-3-6-13;1-2/h1-3,5-6,8-11,16H,4,7,12H2;1H2. The SMILES string of the molecule is C=O.O=C(c1ccc(SC(F)(F)F)cc1)N1CCCC1c1nnc(-c2ccccc2)o1. The van der Waals surface area contributed by atoms with E-state index in [0.29, 0.717) is 30.3 Å². The second-order valence-electron chi connectivity index (χ2n) is 6.54. The van der Waals surface area contributed by atoms with Gasteiger partial charge in [0, 0.05) is 22.6 Å². The van der Waals surface area contributed by atoms with E-state index in [-0.39, 0.29) is 28.6 Å². The Bertz CT molecular complexity index is 1010. The summed E-state index contributed by atoms with van der Waals surface area (Å²) in [6.07, 6.45) is 1.46. The Morgan fingerprint density at radius 3 is 2.39 bits per heavy atom. The number of nitrogens with zero attached hydrogens (tertiary/aromatic N) is 3. The van der Waals surface area contributed by atoms with Gasteiger partial charge in [0.05, 0.1) is 0 Å². The lowest BCUT2D eigenvalue weighted by atomic mass is 10.1. The van der Waals surface area contributed by atoms with Crippen molar-refractivity contribution in [2.24, 2.45) is 0 Å². The summed E-state index contributed by atoms with van der Waals surface area (Å²) in [7, 11) is 0. The van der Waals surface area contributed by atoms with Crippen LogP contribution >= 0.6 is 11.8 Å². The molecule has 4 rings (SSSR count). The topological polar surface area (TPSA) is 76.3 Å². The maximum absolute atomic E-state index is 12.9. The fraction of sp³-hybridized carbons (Fsp3) is 0.238. The Hall–Kier alpha value is -3.14. The van der Waals surface area contributed by atoms with E-state index in [1.807, 2.05) is 37.1 Å². The number of carbonyl (C=O) groups is 2. The zero-order chi connectivity index (χ0) is 22.4. The van der Waals surface area contributed by atoms with E-state index in [9.17, 15) is 18.0 Å². The highest BCUT2D eigenvalue weighted by Crippen LogP contribution is 2.37. The fourth-order valence-corrected chi connectivity index (χ4v) is 3.84. The molecular weight excluding hydrogens is 431 g/mol. The van der Waals surface area contributed by atoms with Crippen molar-refractivity contribution in [2.75, 3.05) is 6.54 Å². The minimum absolute atomic E-state index is 0.0384. The molecular formula is C21H18F3N3O3S. The summed E-state index contributed by atoms with van der Waals surface area (Å²) >= 11 is -0.207. The second kappa shape index (κ2) is 9.78. The van der Waals surface area contributed by atoms with Gasteiger partial charge in [-0.15, -0.1) is 10.2 Å². The van der Waals surface area contributed by atoms with Crippen molar-refractivity contribution >= 4 is 24.5 Å². The molecule has 2 aromatic carbocycles. The zero-order valence-corrected chi connectivity index (χ0v) is 17.0. The molecule has 1 atom stereocenters. The van der Waals surface area contributed by atoms with Crippen LogP contribution in [0.25, 0.3) is 11.5 Å². The monoisotopic (exact) mass is 449 g/mol. The van der Waals surface area contributed by atoms with E-state index in [0.717, 1.165) is 12.0 Å². The van der Waals surface area contributed by atoms with Crippen LogP contribution in [0.2, 0.25) is 0 Å². The van der Waals surface area contributed by atoms with Gasteiger partial charge in [-0.25, -0.2) is 0 Å². The van der Waals surface area contributed by atoms with Crippen molar-refractivity contribution in [3.63, 3.8) is 0 Å². The molecule has 0 aliphatic carbocycles. The maximum atomic E-state index is 12.9. The molecule has 1 aliphatic heterocycles. The minimum atomic E-state index is -4.36. The fourth-order valence-electron chi connectivity index (χ4n) is 3.30. The highest BCUT2D eigenvalue weighted by Gasteiger charge is 2.35. The predicted octanol–water partition coefficient (Wildman–Crippen LogP) is 5.14. The third-order valence-electron chi connectivity index (χ3n) is 4.59. The molecule has 1 unspecified atom stereocenters. The van der Waals surface area contributed by atoms with Gasteiger partial charge in [0.1, 0.15) is 12.8 Å². The molecule has 2 heterocycles. The van der Waals surface area contributed by atoms with Crippen LogP contribution in [0.3, 0.4) is 0 Å². The number of amides is 1. The predicted molar refractivity (Wildman–Crippen MR) is 108 cm³/mol. The van der Waals surface area contributed by atoms with Crippen molar-refractivity contribution < 1.29 is 27.2 Å². The third-order valence-corrected chi connectivity index (χ3v) is 5.33. The summed E-state index contributed by atoms with van der Waals surface area (Å²) in [6, 6.07) is 14.4. The lowest BCUT2D eigenvalue weighted by molar-refractivity contribution is -0.0980. The summed E-state index contributed by atoms with van der Waals surface area (Å²) in [5.41, 5.74) is -3.24. The molecule has 3 aromatic rings. The second-order valence-corrected chi connectivity index (χ2v) is 7.68. The van der Waals surface area contributed by atoms with E-state index in [2.05, 4.69) is 10.2 Å². The van der Waals surface area contributed by atoms with Crippen LogP contribution in [-0.2, 0) is 4.79 Å². The summed E-state index contributed by atoms with van der Waals surface area (Å²) in [4.78, 5) is 22.6. The summed E-state index contributed by atoms with van der Waals surface area (Å²) in [5, 5.41) is 8.20. The zero-order valence-electron chi connectivity index (χ0n) is 16.2. The molecule has 1 aliphatic rings. The molecule has 10 heteroatoms. The number of benzene rings is 2. The van der Waals surface area contributed by atoms with Gasteiger partial charge in [-0.3, -0.25) is 4.79 Å². The van der Waals surface area contributed by atoms with Crippen LogP contribution < -0.4 is 0 Å². The Morgan fingerprint density at radius 1 is 1.06 bits per heavy atom. The first-order valence-electron chi connectivity index (χ1n) is 9.25. The molecule has 1 fully saturated rings. The smallest absolute Gasteiger partial charge is 0.418 e. The minimum Gasteiger partial charge on any atom is -0.418 e. The highest BCUT2D eigenvalue weighted by atomic mass is 32.2. The van der Waals surface area contributed by atoms with Gasteiger partial charge < -0.3 is 14.1 Å². The van der Waals surface area contributed by atoms with Gasteiger partial charge in [-0.2, -0.15) is 13.2 Å². The molecule has 162 valence electrons. The van der Waals surface area contributed by atoms with E-state index in [4.69, 9.17) is 9.21 Å². The first-order valence-corrected chi connectivity index (χ1v) is 10.1. The molecule has 6 nitrogen and oxygen atoms in total. The van der Waals surface area contributed by atoms with Gasteiger partial charge in [0.2, 0.25) is 11.8 Å². The Balaban J connectivity index is 0.00000132. The number of hydrogen-bond donors (Lipinski definition) is 0. The number of thioether (sulfide) groups is 1. The molecule has 31 heavy (non-hydrogen) atoms. The Morgan fingerprint density at radius 2 is 1.74 bits per heavy atom. The first-order chi connectivity index (χ1) is 14.9. The van der Waals surface area contributed by atoms with Crippen LogP contribution in [0, 0.1) is 0 Å². The first kappa shape index (κ1) is 22.5. The maximum Gasteiger partial charge on any atom is 0.446 e. The molecule has 0 spiro atoms. The molecule has 1 saturated heterocycles. The number of carbonyl (C=O) groups excluding carboxylic acids is 2. The molecule has 1 aromatic heterocycles. The third kappa shape index (κ3) is 5.52. The largest absolute Gasteiger partial charge is 0.446 e. The Labute approximate surface area is 180 Å². The lowest BCUT2D eigenvalue weighted by Gasteiger charge is -2.22.